The van der Waals surface area contributed by atoms with Crippen molar-refractivity contribution in [2.45, 2.75) is 19.5 Å². The summed E-state index contributed by atoms with van der Waals surface area (Å²) in [4.78, 5) is 17.7. The number of nitrogens with zero attached hydrogens (tertiary/aromatic N) is 2. The molecule has 0 aromatic carbocycles. The summed E-state index contributed by atoms with van der Waals surface area (Å²) in [5.41, 5.74) is 0. The van der Waals surface area contributed by atoms with Crippen molar-refractivity contribution in [1.29, 1.82) is 0 Å². The van der Waals surface area contributed by atoms with Crippen molar-refractivity contribution in [3.05, 3.63) is 46.5 Å². The second-order valence-corrected chi connectivity index (χ2v) is 6.51. The summed E-state index contributed by atoms with van der Waals surface area (Å²) >= 11 is 1.67. The number of carbonyl (C=O) groups excluding carboxylic acids is 1. The molecule has 2 amide bonds. The Hall–Kier alpha value is -1.79. The van der Waals surface area contributed by atoms with Crippen LogP contribution in [0.3, 0.4) is 0 Å². The number of nitrogens with one attached hydrogen (secondary N) is 1. The summed E-state index contributed by atoms with van der Waals surface area (Å²) < 4.78 is 5.37. The van der Waals surface area contributed by atoms with Gasteiger partial charge in [-0.05, 0) is 30.5 Å². The minimum absolute atomic E-state index is 0.0264. The van der Waals surface area contributed by atoms with E-state index in [1.807, 2.05) is 35.4 Å². The molecule has 1 fully saturated rings. The number of hydrogen-bond donors (Lipinski definition) is 1. The van der Waals surface area contributed by atoms with E-state index in [1.165, 1.54) is 4.88 Å². The van der Waals surface area contributed by atoms with E-state index in [0.717, 1.165) is 38.5 Å². The molecule has 1 saturated heterocycles. The third-order valence-electron chi connectivity index (χ3n) is 3.93. The molecule has 2 aromatic rings. The molecule has 3 heterocycles. The van der Waals surface area contributed by atoms with Crippen molar-refractivity contribution in [2.24, 2.45) is 0 Å². The van der Waals surface area contributed by atoms with Gasteiger partial charge in [-0.2, -0.15) is 0 Å². The largest absolute Gasteiger partial charge is 0.468 e. The quantitative estimate of drug-likeness (QED) is 0.942. The molecule has 6 heteroatoms. The van der Waals surface area contributed by atoms with Crippen LogP contribution in [0.15, 0.2) is 40.3 Å². The lowest BCUT2D eigenvalue weighted by Crippen LogP contribution is -2.51. The van der Waals surface area contributed by atoms with E-state index in [1.54, 1.807) is 17.6 Å². The molecule has 3 rings (SSSR count). The fourth-order valence-corrected chi connectivity index (χ4v) is 3.35. The van der Waals surface area contributed by atoms with E-state index in [9.17, 15) is 4.79 Å². The first-order valence-corrected chi connectivity index (χ1v) is 8.44. The maximum Gasteiger partial charge on any atom is 0.317 e. The highest BCUT2D eigenvalue weighted by Crippen LogP contribution is 2.18. The van der Waals surface area contributed by atoms with Crippen LogP contribution in [0.4, 0.5) is 4.79 Å². The predicted octanol–water partition coefficient (Wildman–Crippen LogP) is 2.93. The zero-order valence-electron chi connectivity index (χ0n) is 12.7. The van der Waals surface area contributed by atoms with Gasteiger partial charge in [0.1, 0.15) is 5.76 Å². The van der Waals surface area contributed by atoms with Gasteiger partial charge in [0.15, 0.2) is 0 Å². The first-order valence-electron chi connectivity index (χ1n) is 7.56. The van der Waals surface area contributed by atoms with Gasteiger partial charge in [-0.3, -0.25) is 4.90 Å². The topological polar surface area (TPSA) is 48.7 Å². The molecule has 0 bridgehead atoms. The van der Waals surface area contributed by atoms with Crippen LogP contribution < -0.4 is 5.32 Å². The molecular weight excluding hydrogens is 298 g/mol. The number of hydrogen-bond acceptors (Lipinski definition) is 4. The van der Waals surface area contributed by atoms with Crippen molar-refractivity contribution in [3.8, 4) is 0 Å². The van der Waals surface area contributed by atoms with E-state index in [-0.39, 0.29) is 12.1 Å². The highest BCUT2D eigenvalue weighted by atomic mass is 32.1. The Morgan fingerprint density at radius 1 is 1.32 bits per heavy atom. The minimum Gasteiger partial charge on any atom is -0.468 e. The Labute approximate surface area is 134 Å². The van der Waals surface area contributed by atoms with Crippen LogP contribution >= 0.6 is 11.3 Å². The lowest BCUT2D eigenvalue weighted by Gasteiger charge is -2.34. The fourth-order valence-electron chi connectivity index (χ4n) is 2.62. The molecule has 0 saturated carbocycles. The summed E-state index contributed by atoms with van der Waals surface area (Å²) in [6.07, 6.45) is 1.70. The third kappa shape index (κ3) is 3.69. The van der Waals surface area contributed by atoms with Gasteiger partial charge in [0.05, 0.1) is 18.8 Å². The summed E-state index contributed by atoms with van der Waals surface area (Å²) in [6.45, 7) is 6.10. The number of rotatable bonds is 4. The first kappa shape index (κ1) is 15.1. The predicted molar refractivity (Wildman–Crippen MR) is 86.8 cm³/mol. The summed E-state index contributed by atoms with van der Waals surface area (Å²) in [5.74, 6) is 0.976. The number of carbonyl (C=O) groups is 1. The van der Waals surface area contributed by atoms with Gasteiger partial charge >= 0.3 is 6.03 Å². The Bertz CT molecular complexity index is 575. The average Bonchev–Trinajstić information content (AvgIpc) is 3.21. The summed E-state index contributed by atoms with van der Waals surface area (Å²) in [5, 5.41) is 5.11. The van der Waals surface area contributed by atoms with Gasteiger partial charge in [-0.25, -0.2) is 4.79 Å². The molecule has 5 nitrogen and oxygen atoms in total. The van der Waals surface area contributed by atoms with Crippen LogP contribution in [0.1, 0.15) is 23.6 Å². The van der Waals surface area contributed by atoms with Gasteiger partial charge in [0, 0.05) is 31.1 Å². The zero-order valence-corrected chi connectivity index (χ0v) is 13.5. The molecule has 0 spiro atoms. The first-order chi connectivity index (χ1) is 10.7. The Morgan fingerprint density at radius 3 is 2.77 bits per heavy atom. The lowest BCUT2D eigenvalue weighted by atomic mass is 10.2. The number of piperazine rings is 1. The number of thiophene rings is 1. The molecular formula is C16H21N3O2S. The molecule has 1 aliphatic rings. The Balaban J connectivity index is 1.45. The van der Waals surface area contributed by atoms with Crippen LogP contribution in [0.2, 0.25) is 0 Å². The van der Waals surface area contributed by atoms with Gasteiger partial charge in [0.2, 0.25) is 0 Å². The van der Waals surface area contributed by atoms with Gasteiger partial charge in [-0.1, -0.05) is 6.07 Å². The highest BCUT2D eigenvalue weighted by Gasteiger charge is 2.22. The average molecular weight is 319 g/mol. The number of amides is 2. The second kappa shape index (κ2) is 6.98. The Kier molecular flexibility index (Phi) is 4.80. The molecule has 22 heavy (non-hydrogen) atoms. The standard InChI is InChI=1S/C16H21N3O2S/c1-13(15-5-3-11-22-15)17-16(20)19-8-6-18(7-9-19)12-14-4-2-10-21-14/h2-5,10-11,13H,6-9,12H2,1H3,(H,17,20)/t13-/m0/s1. The molecule has 1 atom stereocenters. The molecule has 0 radical (unpaired) electrons. The van der Waals surface area contributed by atoms with Crippen LogP contribution in [-0.4, -0.2) is 42.0 Å². The molecule has 118 valence electrons. The summed E-state index contributed by atoms with van der Waals surface area (Å²) in [7, 11) is 0. The van der Waals surface area contributed by atoms with E-state index >= 15 is 0 Å². The van der Waals surface area contributed by atoms with E-state index in [2.05, 4.69) is 16.3 Å². The normalized spacial score (nSPS) is 17.4. The van der Waals surface area contributed by atoms with Crippen molar-refractivity contribution in [2.75, 3.05) is 26.2 Å². The smallest absolute Gasteiger partial charge is 0.317 e. The molecule has 1 N–H and O–H groups in total. The SMILES string of the molecule is C[C@H](NC(=O)N1CCN(Cc2ccco2)CC1)c1cccs1. The van der Waals surface area contributed by atoms with Gasteiger partial charge in [-0.15, -0.1) is 11.3 Å². The molecule has 1 aliphatic heterocycles. The van der Waals surface area contributed by atoms with Crippen LogP contribution in [-0.2, 0) is 6.54 Å². The van der Waals surface area contributed by atoms with E-state index < -0.39 is 0 Å². The van der Waals surface area contributed by atoms with Crippen LogP contribution in [0.5, 0.6) is 0 Å². The van der Waals surface area contributed by atoms with E-state index in [0.29, 0.717) is 0 Å². The fraction of sp³-hybridized carbons (Fsp3) is 0.438. The zero-order chi connectivity index (χ0) is 15.4. The van der Waals surface area contributed by atoms with E-state index in [4.69, 9.17) is 4.42 Å². The third-order valence-corrected chi connectivity index (χ3v) is 4.98. The van der Waals surface area contributed by atoms with Gasteiger partial charge in [0.25, 0.3) is 0 Å². The van der Waals surface area contributed by atoms with Crippen molar-refractivity contribution >= 4 is 17.4 Å². The van der Waals surface area contributed by atoms with Gasteiger partial charge < -0.3 is 14.6 Å². The van der Waals surface area contributed by atoms with Crippen molar-refractivity contribution in [1.82, 2.24) is 15.1 Å². The van der Waals surface area contributed by atoms with Crippen molar-refractivity contribution in [3.63, 3.8) is 0 Å². The maximum atomic E-state index is 12.3. The maximum absolute atomic E-state index is 12.3. The molecule has 2 aromatic heterocycles. The molecule has 0 unspecified atom stereocenters. The monoisotopic (exact) mass is 319 g/mol. The molecule has 0 aliphatic carbocycles. The highest BCUT2D eigenvalue weighted by molar-refractivity contribution is 7.10. The van der Waals surface area contributed by atoms with Crippen LogP contribution in [0.25, 0.3) is 0 Å². The summed E-state index contributed by atoms with van der Waals surface area (Å²) in [6, 6.07) is 8.05. The Morgan fingerprint density at radius 2 is 2.14 bits per heavy atom. The second-order valence-electron chi connectivity index (χ2n) is 5.53. The minimum atomic E-state index is 0.0264. The number of furan rings is 1. The van der Waals surface area contributed by atoms with Crippen LogP contribution in [0, 0.1) is 0 Å². The number of urea groups is 1. The van der Waals surface area contributed by atoms with Crippen molar-refractivity contribution < 1.29 is 9.21 Å². The lowest BCUT2D eigenvalue weighted by molar-refractivity contribution is 0.129.